The summed E-state index contributed by atoms with van der Waals surface area (Å²) in [5.74, 6) is -7.70. The summed E-state index contributed by atoms with van der Waals surface area (Å²) in [6, 6.07) is 3.98. The van der Waals surface area contributed by atoms with Gasteiger partial charge in [0.15, 0.2) is 23.1 Å². The zero-order valence-electron chi connectivity index (χ0n) is 15.5. The molecular weight excluding hydrogens is 414 g/mol. The van der Waals surface area contributed by atoms with Crippen molar-refractivity contribution >= 4 is 17.7 Å². The van der Waals surface area contributed by atoms with Crippen LogP contribution in [-0.2, 0) is 4.74 Å². The van der Waals surface area contributed by atoms with E-state index < -0.39 is 34.6 Å². The molecule has 1 aliphatic heterocycles. The number of halogens is 5. The third-order valence-corrected chi connectivity index (χ3v) is 4.58. The van der Waals surface area contributed by atoms with Crippen LogP contribution in [0.3, 0.4) is 0 Å². The Morgan fingerprint density at radius 1 is 1.03 bits per heavy atom. The number of benzene rings is 2. The van der Waals surface area contributed by atoms with Crippen LogP contribution in [0.25, 0.3) is 6.08 Å². The van der Waals surface area contributed by atoms with Crippen molar-refractivity contribution in [1.82, 2.24) is 4.90 Å². The lowest BCUT2D eigenvalue weighted by Crippen LogP contribution is -2.36. The van der Waals surface area contributed by atoms with Gasteiger partial charge in [0.05, 0.1) is 25.9 Å². The Kier molecular flexibility index (Phi) is 7.00. The van der Waals surface area contributed by atoms with Crippen LogP contribution in [0.5, 0.6) is 17.2 Å². The summed E-state index contributed by atoms with van der Waals surface area (Å²) < 4.78 is 73.0. The van der Waals surface area contributed by atoms with Crippen LogP contribution in [0, 0.1) is 23.3 Å². The molecule has 2 aromatic carbocycles. The third kappa shape index (κ3) is 4.83. The van der Waals surface area contributed by atoms with Crippen LogP contribution in [0.15, 0.2) is 24.3 Å². The van der Waals surface area contributed by atoms with Gasteiger partial charge < -0.3 is 14.2 Å². The number of morpholine rings is 1. The van der Waals surface area contributed by atoms with Crippen molar-refractivity contribution in [2.24, 2.45) is 0 Å². The second-order valence-corrected chi connectivity index (χ2v) is 6.65. The van der Waals surface area contributed by atoms with E-state index in [-0.39, 0.29) is 16.5 Å². The molecular formula is C20H18ClF4NO3. The zero-order valence-corrected chi connectivity index (χ0v) is 16.2. The lowest BCUT2D eigenvalue weighted by Gasteiger charge is -2.25. The number of ether oxygens (including phenoxy) is 3. The predicted molar refractivity (Wildman–Crippen MR) is 101 cm³/mol. The Morgan fingerprint density at radius 2 is 1.69 bits per heavy atom. The molecule has 0 amide bonds. The summed E-state index contributed by atoms with van der Waals surface area (Å²) in [6.45, 7) is 2.80. The first-order valence-corrected chi connectivity index (χ1v) is 9.14. The average molecular weight is 432 g/mol. The van der Waals surface area contributed by atoms with Crippen molar-refractivity contribution < 1.29 is 31.8 Å². The first kappa shape index (κ1) is 21.4. The second-order valence-electron chi connectivity index (χ2n) is 6.21. The molecule has 0 aliphatic carbocycles. The Hall–Kier alpha value is -2.29. The molecule has 0 unspecified atom stereocenters. The van der Waals surface area contributed by atoms with Crippen LogP contribution in [0.2, 0.25) is 5.02 Å². The van der Waals surface area contributed by atoms with Gasteiger partial charge >= 0.3 is 0 Å². The highest BCUT2D eigenvalue weighted by molar-refractivity contribution is 6.30. The van der Waals surface area contributed by atoms with E-state index in [2.05, 4.69) is 0 Å². The first-order chi connectivity index (χ1) is 13.9. The van der Waals surface area contributed by atoms with Crippen molar-refractivity contribution in [2.75, 3.05) is 40.0 Å². The van der Waals surface area contributed by atoms with Crippen LogP contribution in [-0.4, -0.2) is 44.9 Å². The smallest absolute Gasteiger partial charge is 0.205 e. The number of hydrogen-bond donors (Lipinski definition) is 0. The summed E-state index contributed by atoms with van der Waals surface area (Å²) in [5, 5.41) is 0.285. The van der Waals surface area contributed by atoms with Crippen molar-refractivity contribution in [3.05, 3.63) is 58.1 Å². The largest absolute Gasteiger partial charge is 0.493 e. The van der Waals surface area contributed by atoms with E-state index in [1.54, 1.807) is 0 Å². The lowest BCUT2D eigenvalue weighted by atomic mass is 10.1. The van der Waals surface area contributed by atoms with Crippen molar-refractivity contribution in [3.8, 4) is 17.2 Å². The van der Waals surface area contributed by atoms with Gasteiger partial charge in [-0.15, -0.1) is 0 Å². The first-order valence-electron chi connectivity index (χ1n) is 8.76. The highest BCUT2D eigenvalue weighted by Gasteiger charge is 2.26. The topological polar surface area (TPSA) is 30.9 Å². The van der Waals surface area contributed by atoms with Gasteiger partial charge in [0.25, 0.3) is 0 Å². The van der Waals surface area contributed by atoms with Crippen LogP contribution in [0.1, 0.15) is 5.56 Å². The standard InChI is InChI=1S/C20H18ClF4NO3/c1-27-15-11-12(21)4-5-14(15)29-20-18(24)16(22)13(17(23)19(20)25)3-2-6-26-7-9-28-10-8-26/h2-5,11H,6-10H2,1H3. The van der Waals surface area contributed by atoms with Crippen LogP contribution in [0.4, 0.5) is 17.6 Å². The summed E-state index contributed by atoms with van der Waals surface area (Å²) in [4.78, 5) is 1.98. The Balaban J connectivity index is 1.87. The SMILES string of the molecule is COc1cc(Cl)ccc1Oc1c(F)c(F)c(C=CCN2CCOCC2)c(F)c1F. The highest BCUT2D eigenvalue weighted by Crippen LogP contribution is 2.38. The molecule has 2 aromatic rings. The van der Waals surface area contributed by atoms with Crippen molar-refractivity contribution in [1.29, 1.82) is 0 Å². The maximum Gasteiger partial charge on any atom is 0.205 e. The van der Waals surface area contributed by atoms with Crippen LogP contribution < -0.4 is 9.47 Å². The molecule has 1 aliphatic rings. The van der Waals surface area contributed by atoms with E-state index in [1.165, 1.54) is 31.4 Å². The molecule has 29 heavy (non-hydrogen) atoms. The fraction of sp³-hybridized carbons (Fsp3) is 0.300. The molecule has 3 rings (SSSR count). The Bertz CT molecular complexity index is 888. The number of nitrogens with zero attached hydrogens (tertiary/aromatic N) is 1. The maximum atomic E-state index is 14.5. The highest BCUT2D eigenvalue weighted by atomic mass is 35.5. The summed E-state index contributed by atoms with van der Waals surface area (Å²) in [6.07, 6.45) is 2.45. The van der Waals surface area contributed by atoms with E-state index in [9.17, 15) is 17.6 Å². The van der Waals surface area contributed by atoms with Gasteiger partial charge in [-0.25, -0.2) is 8.78 Å². The van der Waals surface area contributed by atoms with E-state index in [0.717, 1.165) is 6.08 Å². The number of hydrogen-bond acceptors (Lipinski definition) is 4. The van der Waals surface area contributed by atoms with Gasteiger partial charge in [-0.1, -0.05) is 23.8 Å². The molecule has 0 saturated carbocycles. The predicted octanol–water partition coefficient (Wildman–Crippen LogP) is 5.04. The minimum atomic E-state index is -1.65. The van der Waals surface area contributed by atoms with Gasteiger partial charge in [0, 0.05) is 30.7 Å². The van der Waals surface area contributed by atoms with Gasteiger partial charge in [-0.05, 0) is 12.1 Å². The molecule has 156 valence electrons. The lowest BCUT2D eigenvalue weighted by molar-refractivity contribution is 0.0435. The van der Waals surface area contributed by atoms with E-state index in [0.29, 0.717) is 32.8 Å². The van der Waals surface area contributed by atoms with Gasteiger partial charge in [-0.2, -0.15) is 8.78 Å². The minimum Gasteiger partial charge on any atom is -0.493 e. The quantitative estimate of drug-likeness (QED) is 0.473. The molecule has 0 spiro atoms. The van der Waals surface area contributed by atoms with E-state index in [1.807, 2.05) is 4.90 Å². The monoisotopic (exact) mass is 431 g/mol. The molecule has 4 nitrogen and oxygen atoms in total. The molecule has 9 heteroatoms. The fourth-order valence-electron chi connectivity index (χ4n) is 2.80. The normalized spacial score (nSPS) is 15.1. The Labute approximate surface area is 170 Å². The molecule has 0 atom stereocenters. The van der Waals surface area contributed by atoms with Gasteiger partial charge in [-0.3, -0.25) is 4.90 Å². The molecule has 0 radical (unpaired) electrons. The molecule has 1 heterocycles. The fourth-order valence-corrected chi connectivity index (χ4v) is 2.97. The van der Waals surface area contributed by atoms with E-state index >= 15 is 0 Å². The zero-order chi connectivity index (χ0) is 21.0. The van der Waals surface area contributed by atoms with Crippen LogP contribution >= 0.6 is 11.6 Å². The number of methoxy groups -OCH3 is 1. The van der Waals surface area contributed by atoms with Crippen molar-refractivity contribution in [2.45, 2.75) is 0 Å². The molecule has 1 saturated heterocycles. The second kappa shape index (κ2) is 9.47. The average Bonchev–Trinajstić information content (AvgIpc) is 2.73. The molecule has 0 aromatic heterocycles. The Morgan fingerprint density at radius 3 is 2.31 bits per heavy atom. The van der Waals surface area contributed by atoms with Gasteiger partial charge in [0.2, 0.25) is 17.4 Å². The van der Waals surface area contributed by atoms with Crippen molar-refractivity contribution in [3.63, 3.8) is 0 Å². The maximum absolute atomic E-state index is 14.5. The summed E-state index contributed by atoms with van der Waals surface area (Å²) in [5.41, 5.74) is -0.816. The minimum absolute atomic E-state index is 0.0478. The summed E-state index contributed by atoms with van der Waals surface area (Å²) >= 11 is 5.82. The molecule has 0 bridgehead atoms. The van der Waals surface area contributed by atoms with Gasteiger partial charge in [0.1, 0.15) is 0 Å². The van der Waals surface area contributed by atoms with E-state index in [4.69, 9.17) is 25.8 Å². The summed E-state index contributed by atoms with van der Waals surface area (Å²) in [7, 11) is 1.29. The third-order valence-electron chi connectivity index (χ3n) is 4.35. The molecule has 1 fully saturated rings. The molecule has 0 N–H and O–H groups in total. The number of rotatable bonds is 6.